The summed E-state index contributed by atoms with van der Waals surface area (Å²) in [5.74, 6) is -1.45. The van der Waals surface area contributed by atoms with Crippen LogP contribution in [0.5, 0.6) is 0 Å². The van der Waals surface area contributed by atoms with Crippen molar-refractivity contribution in [1.29, 1.82) is 0 Å². The van der Waals surface area contributed by atoms with E-state index < -0.39 is 21.8 Å². The first-order valence-corrected chi connectivity index (χ1v) is 10.3. The van der Waals surface area contributed by atoms with Crippen molar-refractivity contribution >= 4 is 33.2 Å². The summed E-state index contributed by atoms with van der Waals surface area (Å²) in [5, 5.41) is 5.99. The molecular formula is C20H20FN3O4S. The number of esters is 1. The van der Waals surface area contributed by atoms with E-state index in [1.807, 2.05) is 0 Å². The van der Waals surface area contributed by atoms with E-state index in [2.05, 4.69) is 15.0 Å². The number of benzene rings is 2. The number of carbonyl (C=O) groups excluding carboxylic acids is 1. The van der Waals surface area contributed by atoms with Gasteiger partial charge in [0.1, 0.15) is 11.4 Å². The zero-order valence-electron chi connectivity index (χ0n) is 16.1. The lowest BCUT2D eigenvalue weighted by Crippen LogP contribution is -2.25. The van der Waals surface area contributed by atoms with Crippen molar-refractivity contribution in [1.82, 2.24) is 0 Å². The van der Waals surface area contributed by atoms with Gasteiger partial charge in [-0.25, -0.2) is 9.18 Å². The Kier molecular flexibility index (Phi) is 5.69. The SMILES string of the molecule is CCOC(=O)C1=C(C)Nc2ccccc2N/C1=N/S(=O)(=O)c1ccc(F)cc1C. The van der Waals surface area contributed by atoms with Crippen LogP contribution in [0.3, 0.4) is 0 Å². The maximum atomic E-state index is 13.4. The van der Waals surface area contributed by atoms with Crippen LogP contribution in [0.2, 0.25) is 0 Å². The zero-order valence-corrected chi connectivity index (χ0v) is 16.9. The van der Waals surface area contributed by atoms with Gasteiger partial charge < -0.3 is 15.4 Å². The van der Waals surface area contributed by atoms with Gasteiger partial charge >= 0.3 is 5.97 Å². The van der Waals surface area contributed by atoms with E-state index in [1.54, 1.807) is 38.1 Å². The van der Waals surface area contributed by atoms with E-state index in [4.69, 9.17) is 4.74 Å². The number of hydrogen-bond acceptors (Lipinski definition) is 5. The van der Waals surface area contributed by atoms with Crippen molar-refractivity contribution < 1.29 is 22.3 Å². The highest BCUT2D eigenvalue weighted by atomic mass is 32.2. The van der Waals surface area contributed by atoms with Crippen LogP contribution in [0.25, 0.3) is 0 Å². The number of hydrogen-bond donors (Lipinski definition) is 2. The minimum Gasteiger partial charge on any atom is -0.462 e. The lowest BCUT2D eigenvalue weighted by Gasteiger charge is -2.12. The average molecular weight is 417 g/mol. The fourth-order valence-electron chi connectivity index (χ4n) is 2.93. The third kappa shape index (κ3) is 4.29. The van der Waals surface area contributed by atoms with Gasteiger partial charge in [-0.3, -0.25) is 0 Å². The first kappa shape index (κ1) is 20.5. The van der Waals surface area contributed by atoms with Gasteiger partial charge in [-0.15, -0.1) is 4.40 Å². The molecule has 0 spiro atoms. The van der Waals surface area contributed by atoms with Crippen LogP contribution < -0.4 is 10.6 Å². The van der Waals surface area contributed by atoms with E-state index in [0.717, 1.165) is 18.2 Å². The van der Waals surface area contributed by atoms with Crippen molar-refractivity contribution in [3.05, 3.63) is 65.1 Å². The summed E-state index contributed by atoms with van der Waals surface area (Å²) in [6, 6.07) is 10.3. The number of anilines is 2. The smallest absolute Gasteiger partial charge is 0.343 e. The number of carbonyl (C=O) groups is 1. The van der Waals surface area contributed by atoms with Gasteiger partial charge in [0.2, 0.25) is 0 Å². The molecule has 3 rings (SSSR count). The maximum Gasteiger partial charge on any atom is 0.343 e. The molecule has 2 N–H and O–H groups in total. The van der Waals surface area contributed by atoms with E-state index in [-0.39, 0.29) is 28.5 Å². The normalized spacial score (nSPS) is 15.2. The van der Waals surface area contributed by atoms with E-state index in [9.17, 15) is 17.6 Å². The summed E-state index contributed by atoms with van der Waals surface area (Å²) in [4.78, 5) is 12.4. The summed E-state index contributed by atoms with van der Waals surface area (Å²) in [5.41, 5.74) is 1.74. The van der Waals surface area contributed by atoms with Crippen LogP contribution in [-0.2, 0) is 19.6 Å². The Labute approximate surface area is 168 Å². The quantitative estimate of drug-likeness (QED) is 0.738. The average Bonchev–Trinajstić information content (AvgIpc) is 2.76. The maximum absolute atomic E-state index is 13.4. The van der Waals surface area contributed by atoms with Crippen molar-refractivity contribution in [2.75, 3.05) is 17.2 Å². The lowest BCUT2D eigenvalue weighted by molar-refractivity contribution is -0.137. The predicted octanol–water partition coefficient (Wildman–Crippen LogP) is 3.60. The number of nitrogens with zero attached hydrogens (tertiary/aromatic N) is 1. The Morgan fingerprint density at radius 1 is 1.10 bits per heavy atom. The predicted molar refractivity (Wildman–Crippen MR) is 109 cm³/mol. The molecule has 0 saturated carbocycles. The van der Waals surface area contributed by atoms with E-state index >= 15 is 0 Å². The number of aryl methyl sites for hydroxylation is 1. The Hall–Kier alpha value is -3.20. The van der Waals surface area contributed by atoms with Crippen molar-refractivity contribution in [3.63, 3.8) is 0 Å². The molecule has 2 aromatic carbocycles. The largest absolute Gasteiger partial charge is 0.462 e. The molecule has 0 radical (unpaired) electrons. The van der Waals surface area contributed by atoms with Gasteiger partial charge in [-0.2, -0.15) is 8.42 Å². The van der Waals surface area contributed by atoms with Crippen LogP contribution in [0.1, 0.15) is 19.4 Å². The molecule has 152 valence electrons. The molecule has 1 aliphatic rings. The summed E-state index contributed by atoms with van der Waals surface area (Å²) in [6.45, 7) is 4.86. The molecule has 1 heterocycles. The fourth-order valence-corrected chi connectivity index (χ4v) is 4.11. The first-order chi connectivity index (χ1) is 13.7. The molecule has 0 bridgehead atoms. The number of para-hydroxylation sites is 2. The summed E-state index contributed by atoms with van der Waals surface area (Å²) in [7, 11) is -4.24. The van der Waals surface area contributed by atoms with Crippen LogP contribution in [0, 0.1) is 12.7 Å². The van der Waals surface area contributed by atoms with E-state index in [1.165, 1.54) is 6.92 Å². The van der Waals surface area contributed by atoms with Crippen molar-refractivity contribution in [2.45, 2.75) is 25.7 Å². The van der Waals surface area contributed by atoms with E-state index in [0.29, 0.717) is 17.1 Å². The standard InChI is InChI=1S/C20H20FN3O4S/c1-4-28-20(25)18-13(3)22-15-7-5-6-8-16(15)23-19(18)24-29(26,27)17-10-9-14(21)11-12(17)2/h5-11,22H,4H2,1-3H3,(H,23,24). The van der Waals surface area contributed by atoms with Crippen LogP contribution >= 0.6 is 0 Å². The molecule has 0 aliphatic carbocycles. The molecule has 0 amide bonds. The Morgan fingerprint density at radius 3 is 2.38 bits per heavy atom. The minimum atomic E-state index is -4.24. The van der Waals surface area contributed by atoms with Crippen LogP contribution in [0.15, 0.2) is 63.0 Å². The molecule has 9 heteroatoms. The Morgan fingerprint density at radius 2 is 1.76 bits per heavy atom. The molecule has 7 nitrogen and oxygen atoms in total. The second kappa shape index (κ2) is 8.04. The van der Waals surface area contributed by atoms with Gasteiger partial charge in [-0.05, 0) is 56.7 Å². The van der Waals surface area contributed by atoms with Crippen LogP contribution in [0.4, 0.5) is 15.8 Å². The second-order valence-electron chi connectivity index (χ2n) is 6.34. The van der Waals surface area contributed by atoms with Crippen LogP contribution in [-0.4, -0.2) is 26.8 Å². The number of allylic oxidation sites excluding steroid dienone is 1. The van der Waals surface area contributed by atoms with Gasteiger partial charge in [0.15, 0.2) is 5.84 Å². The molecule has 0 atom stereocenters. The molecular weight excluding hydrogens is 397 g/mol. The molecule has 0 aromatic heterocycles. The van der Waals surface area contributed by atoms with Crippen molar-refractivity contribution in [2.24, 2.45) is 4.40 Å². The summed E-state index contributed by atoms with van der Waals surface area (Å²) >= 11 is 0. The third-order valence-corrected chi connectivity index (χ3v) is 5.66. The number of rotatable bonds is 4. The number of halogens is 1. The number of nitrogens with one attached hydrogen (secondary N) is 2. The highest BCUT2D eigenvalue weighted by Gasteiger charge is 2.28. The second-order valence-corrected chi connectivity index (χ2v) is 7.91. The fraction of sp³-hybridized carbons (Fsp3) is 0.200. The number of ether oxygens (including phenoxy) is 1. The van der Waals surface area contributed by atoms with Gasteiger partial charge in [0.25, 0.3) is 10.0 Å². The lowest BCUT2D eigenvalue weighted by atomic mass is 10.2. The van der Waals surface area contributed by atoms with Gasteiger partial charge in [0.05, 0.1) is 22.9 Å². The Balaban J connectivity index is 2.18. The topological polar surface area (TPSA) is 96.9 Å². The number of amidine groups is 1. The highest BCUT2D eigenvalue weighted by Crippen LogP contribution is 2.29. The number of fused-ring (bicyclic) bond motifs is 1. The van der Waals surface area contributed by atoms with Gasteiger partial charge in [0, 0.05) is 5.70 Å². The molecule has 2 aromatic rings. The molecule has 0 saturated heterocycles. The molecule has 29 heavy (non-hydrogen) atoms. The van der Waals surface area contributed by atoms with Gasteiger partial charge in [-0.1, -0.05) is 12.1 Å². The first-order valence-electron chi connectivity index (χ1n) is 8.85. The highest BCUT2D eigenvalue weighted by molar-refractivity contribution is 7.90. The molecule has 1 aliphatic heterocycles. The Bertz CT molecular complexity index is 1140. The molecule has 0 fully saturated rings. The summed E-state index contributed by atoms with van der Waals surface area (Å²) < 4.78 is 48.3. The van der Waals surface area contributed by atoms with Crippen molar-refractivity contribution in [3.8, 4) is 0 Å². The molecule has 0 unspecified atom stereocenters. The third-order valence-electron chi connectivity index (χ3n) is 4.22. The summed E-state index contributed by atoms with van der Waals surface area (Å²) in [6.07, 6.45) is 0. The minimum absolute atomic E-state index is 0.0358. The monoisotopic (exact) mass is 417 g/mol. The number of sulfonamides is 1. The zero-order chi connectivity index (χ0) is 21.2.